The van der Waals surface area contributed by atoms with Crippen LogP contribution in [0, 0.1) is 18.6 Å². The highest BCUT2D eigenvalue weighted by Crippen LogP contribution is 2.28. The number of nitrogens with zero attached hydrogens (tertiary/aromatic N) is 1. The van der Waals surface area contributed by atoms with Crippen molar-refractivity contribution in [3.8, 4) is 11.3 Å². The van der Waals surface area contributed by atoms with Crippen molar-refractivity contribution < 1.29 is 8.78 Å². The molecule has 1 heterocycles. The average molecular weight is 255 g/mol. The Labute approximate surface area is 109 Å². The monoisotopic (exact) mass is 255 g/mol. The molecule has 0 N–H and O–H groups in total. The van der Waals surface area contributed by atoms with E-state index in [4.69, 9.17) is 0 Å². The van der Waals surface area contributed by atoms with E-state index in [0.29, 0.717) is 16.6 Å². The number of hydrogen-bond donors (Lipinski definition) is 0. The third-order valence-corrected chi connectivity index (χ3v) is 3.18. The average Bonchev–Trinajstić information content (AvgIpc) is 2.42. The van der Waals surface area contributed by atoms with Crippen molar-refractivity contribution in [3.05, 3.63) is 65.9 Å². The Hall–Kier alpha value is -2.29. The number of rotatable bonds is 1. The first-order chi connectivity index (χ1) is 9.16. The minimum Gasteiger partial charge on any atom is -0.256 e. The predicted octanol–water partition coefficient (Wildman–Crippen LogP) is 4.49. The van der Waals surface area contributed by atoms with Crippen LogP contribution in [-0.2, 0) is 0 Å². The van der Waals surface area contributed by atoms with E-state index < -0.39 is 0 Å². The summed E-state index contributed by atoms with van der Waals surface area (Å²) in [7, 11) is 0. The van der Waals surface area contributed by atoms with Crippen LogP contribution in [0.3, 0.4) is 0 Å². The number of fused-ring (bicyclic) bond motifs is 1. The van der Waals surface area contributed by atoms with Gasteiger partial charge in [0.05, 0.1) is 5.69 Å². The molecule has 1 aromatic heterocycles. The van der Waals surface area contributed by atoms with E-state index in [1.165, 1.54) is 12.1 Å². The first-order valence-electron chi connectivity index (χ1n) is 5.96. The van der Waals surface area contributed by atoms with Crippen LogP contribution < -0.4 is 0 Å². The van der Waals surface area contributed by atoms with Gasteiger partial charge < -0.3 is 0 Å². The molecule has 1 nitrogen and oxygen atoms in total. The highest BCUT2D eigenvalue weighted by atomic mass is 19.1. The van der Waals surface area contributed by atoms with Crippen molar-refractivity contribution in [2.24, 2.45) is 0 Å². The van der Waals surface area contributed by atoms with Crippen LogP contribution in [0.4, 0.5) is 8.78 Å². The van der Waals surface area contributed by atoms with Gasteiger partial charge in [0, 0.05) is 22.5 Å². The largest absolute Gasteiger partial charge is 0.256 e. The summed E-state index contributed by atoms with van der Waals surface area (Å²) in [6.45, 7) is 1.70. The predicted molar refractivity (Wildman–Crippen MR) is 71.8 cm³/mol. The molecule has 0 atom stereocenters. The van der Waals surface area contributed by atoms with Crippen LogP contribution in [0.25, 0.3) is 22.0 Å². The zero-order valence-electron chi connectivity index (χ0n) is 10.3. The van der Waals surface area contributed by atoms with Crippen LogP contribution in [0.5, 0.6) is 0 Å². The van der Waals surface area contributed by atoms with E-state index in [9.17, 15) is 8.78 Å². The summed E-state index contributed by atoms with van der Waals surface area (Å²) in [5.41, 5.74) is 2.00. The number of halogens is 2. The Morgan fingerprint density at radius 1 is 0.895 bits per heavy atom. The lowest BCUT2D eigenvalue weighted by atomic mass is 10.0. The number of hydrogen-bond acceptors (Lipinski definition) is 1. The van der Waals surface area contributed by atoms with Crippen LogP contribution in [-0.4, -0.2) is 4.98 Å². The maximum Gasteiger partial charge on any atom is 0.131 e. The van der Waals surface area contributed by atoms with Crippen LogP contribution >= 0.6 is 0 Å². The molecule has 94 valence electrons. The van der Waals surface area contributed by atoms with Gasteiger partial charge in [-0.2, -0.15) is 0 Å². The van der Waals surface area contributed by atoms with Crippen molar-refractivity contribution in [3.63, 3.8) is 0 Å². The smallest absolute Gasteiger partial charge is 0.131 e. The summed E-state index contributed by atoms with van der Waals surface area (Å²) in [5.74, 6) is -0.532. The van der Waals surface area contributed by atoms with Crippen LogP contribution in [0.2, 0.25) is 0 Å². The lowest BCUT2D eigenvalue weighted by Crippen LogP contribution is -1.90. The van der Waals surface area contributed by atoms with Gasteiger partial charge in [-0.3, -0.25) is 4.98 Å². The standard InChI is InChI=1S/C16H11F2N/c1-10-9-11(5-6-14(10)17)16-13-3-2-4-15(18)12(13)7-8-19-16/h2-9H,1H3. The van der Waals surface area contributed by atoms with Gasteiger partial charge in [-0.05, 0) is 42.8 Å². The molecule has 0 fully saturated rings. The summed E-state index contributed by atoms with van der Waals surface area (Å²) in [4.78, 5) is 4.30. The molecule has 0 bridgehead atoms. The molecule has 0 aliphatic heterocycles. The summed E-state index contributed by atoms with van der Waals surface area (Å²) in [6.07, 6.45) is 1.57. The first kappa shape index (κ1) is 11.8. The Kier molecular flexibility index (Phi) is 2.75. The van der Waals surface area contributed by atoms with Gasteiger partial charge in [0.2, 0.25) is 0 Å². The highest BCUT2D eigenvalue weighted by Gasteiger charge is 2.09. The van der Waals surface area contributed by atoms with Gasteiger partial charge in [-0.1, -0.05) is 12.1 Å². The Morgan fingerprint density at radius 3 is 2.53 bits per heavy atom. The number of aromatic nitrogens is 1. The molecule has 2 aromatic carbocycles. The van der Waals surface area contributed by atoms with Crippen LogP contribution in [0.1, 0.15) is 5.56 Å². The first-order valence-corrected chi connectivity index (χ1v) is 5.96. The molecule has 3 aromatic rings. The van der Waals surface area contributed by atoms with Crippen LogP contribution in [0.15, 0.2) is 48.7 Å². The van der Waals surface area contributed by atoms with E-state index in [1.54, 1.807) is 37.4 Å². The highest BCUT2D eigenvalue weighted by molar-refractivity contribution is 5.94. The Balaban J connectivity index is 2.30. The van der Waals surface area contributed by atoms with E-state index in [0.717, 1.165) is 10.9 Å². The lowest BCUT2D eigenvalue weighted by Gasteiger charge is -2.07. The fourth-order valence-corrected chi connectivity index (χ4v) is 2.19. The summed E-state index contributed by atoms with van der Waals surface area (Å²) in [5, 5.41) is 1.25. The fraction of sp³-hybridized carbons (Fsp3) is 0.0625. The lowest BCUT2D eigenvalue weighted by molar-refractivity contribution is 0.618. The zero-order valence-corrected chi connectivity index (χ0v) is 10.3. The maximum atomic E-state index is 13.7. The second kappa shape index (κ2) is 4.43. The molecular weight excluding hydrogens is 244 g/mol. The summed E-state index contributed by atoms with van der Waals surface area (Å²) in [6, 6.07) is 11.3. The number of pyridine rings is 1. The van der Waals surface area contributed by atoms with E-state index >= 15 is 0 Å². The molecule has 0 aliphatic carbocycles. The second-order valence-electron chi connectivity index (χ2n) is 4.46. The van der Waals surface area contributed by atoms with Crippen molar-refractivity contribution in [2.75, 3.05) is 0 Å². The minimum absolute atomic E-state index is 0.254. The molecule has 3 heteroatoms. The second-order valence-corrected chi connectivity index (χ2v) is 4.46. The molecule has 0 radical (unpaired) electrons. The molecule has 19 heavy (non-hydrogen) atoms. The van der Waals surface area contributed by atoms with E-state index in [1.807, 2.05) is 6.07 Å². The van der Waals surface area contributed by atoms with Gasteiger partial charge in [0.1, 0.15) is 11.6 Å². The molecule has 0 unspecified atom stereocenters. The van der Waals surface area contributed by atoms with Gasteiger partial charge in [0.25, 0.3) is 0 Å². The van der Waals surface area contributed by atoms with E-state index in [2.05, 4.69) is 4.98 Å². The van der Waals surface area contributed by atoms with Crippen molar-refractivity contribution in [1.29, 1.82) is 0 Å². The van der Waals surface area contributed by atoms with Gasteiger partial charge in [0.15, 0.2) is 0 Å². The molecule has 0 aliphatic rings. The van der Waals surface area contributed by atoms with Crippen molar-refractivity contribution in [2.45, 2.75) is 6.92 Å². The zero-order chi connectivity index (χ0) is 13.4. The number of benzene rings is 2. The van der Waals surface area contributed by atoms with Gasteiger partial charge in [-0.25, -0.2) is 8.78 Å². The third kappa shape index (κ3) is 1.97. The molecular formula is C16H11F2N. The molecule has 0 amide bonds. The fourth-order valence-electron chi connectivity index (χ4n) is 2.19. The number of aryl methyl sites for hydroxylation is 1. The normalized spacial score (nSPS) is 10.9. The maximum absolute atomic E-state index is 13.7. The van der Waals surface area contributed by atoms with Crippen molar-refractivity contribution in [1.82, 2.24) is 4.98 Å². The quantitative estimate of drug-likeness (QED) is 0.624. The topological polar surface area (TPSA) is 12.9 Å². The SMILES string of the molecule is Cc1cc(-c2nccc3c(F)cccc23)ccc1F. The minimum atomic E-state index is -0.278. The molecule has 0 saturated heterocycles. The summed E-state index contributed by atoms with van der Waals surface area (Å²) < 4.78 is 27.0. The van der Waals surface area contributed by atoms with E-state index in [-0.39, 0.29) is 11.6 Å². The van der Waals surface area contributed by atoms with Gasteiger partial charge >= 0.3 is 0 Å². The van der Waals surface area contributed by atoms with Crippen molar-refractivity contribution >= 4 is 10.8 Å². The molecule has 3 rings (SSSR count). The Bertz CT molecular complexity index is 766. The Morgan fingerprint density at radius 2 is 1.74 bits per heavy atom. The van der Waals surface area contributed by atoms with Gasteiger partial charge in [-0.15, -0.1) is 0 Å². The summed E-state index contributed by atoms with van der Waals surface area (Å²) >= 11 is 0. The third-order valence-electron chi connectivity index (χ3n) is 3.18. The molecule has 0 spiro atoms. The molecule has 0 saturated carbocycles.